The first-order chi connectivity index (χ1) is 8.79. The number of hydrogen-bond donors (Lipinski definition) is 1. The number of nitrogens with one attached hydrogen (secondary N) is 1. The summed E-state index contributed by atoms with van der Waals surface area (Å²) in [6.07, 6.45) is 4.15. The molecule has 0 aromatic carbocycles. The molecule has 1 aromatic heterocycles. The van der Waals surface area contributed by atoms with Gasteiger partial charge in [-0.15, -0.1) is 11.3 Å². The number of carbonyl (C=O) groups is 1. The van der Waals surface area contributed by atoms with Crippen LogP contribution in [0.1, 0.15) is 37.5 Å². The van der Waals surface area contributed by atoms with Crippen LogP contribution in [0.3, 0.4) is 0 Å². The molecule has 3 nitrogen and oxygen atoms in total. The van der Waals surface area contributed by atoms with Crippen LogP contribution >= 0.6 is 11.3 Å². The fourth-order valence-electron chi connectivity index (χ4n) is 2.43. The van der Waals surface area contributed by atoms with Gasteiger partial charge in [0.2, 0.25) is 5.91 Å². The van der Waals surface area contributed by atoms with Crippen LogP contribution in [-0.4, -0.2) is 29.9 Å². The van der Waals surface area contributed by atoms with E-state index in [2.05, 4.69) is 23.7 Å². The molecule has 1 unspecified atom stereocenters. The smallest absolute Gasteiger partial charge is 0.222 e. The van der Waals surface area contributed by atoms with Crippen LogP contribution < -0.4 is 5.32 Å². The highest BCUT2D eigenvalue weighted by Gasteiger charge is 2.18. The minimum absolute atomic E-state index is 0.291. The molecule has 2 rings (SSSR count). The van der Waals surface area contributed by atoms with Gasteiger partial charge in [0.05, 0.1) is 6.54 Å². The molecule has 0 aliphatic carbocycles. The van der Waals surface area contributed by atoms with Crippen molar-refractivity contribution >= 4 is 17.2 Å². The summed E-state index contributed by atoms with van der Waals surface area (Å²) in [6.45, 7) is 4.74. The number of amides is 1. The van der Waals surface area contributed by atoms with Crippen molar-refractivity contribution in [3.05, 3.63) is 22.4 Å². The highest BCUT2D eigenvalue weighted by Crippen LogP contribution is 2.15. The Morgan fingerprint density at radius 2 is 2.50 bits per heavy atom. The first-order valence-corrected chi connectivity index (χ1v) is 7.71. The second-order valence-electron chi connectivity index (χ2n) is 4.82. The molecule has 1 aliphatic heterocycles. The Bertz CT molecular complexity index is 358. The van der Waals surface area contributed by atoms with Crippen LogP contribution in [-0.2, 0) is 11.3 Å². The van der Waals surface area contributed by atoms with E-state index in [0.29, 0.717) is 18.4 Å². The zero-order valence-electron chi connectivity index (χ0n) is 11.0. The lowest BCUT2D eigenvalue weighted by Crippen LogP contribution is -2.31. The average molecular weight is 266 g/mol. The second-order valence-corrected chi connectivity index (χ2v) is 5.85. The maximum absolute atomic E-state index is 12.2. The summed E-state index contributed by atoms with van der Waals surface area (Å²) < 4.78 is 0. The lowest BCUT2D eigenvalue weighted by molar-refractivity contribution is -0.131. The SMILES string of the molecule is CCN(Cc1cccs1)C(=O)CCC1CCCN1. The molecular formula is C14H22N2OS. The van der Waals surface area contributed by atoms with Gasteiger partial charge in [0.1, 0.15) is 0 Å². The van der Waals surface area contributed by atoms with E-state index in [-0.39, 0.29) is 0 Å². The van der Waals surface area contributed by atoms with Crippen LogP contribution in [0.15, 0.2) is 17.5 Å². The Morgan fingerprint density at radius 1 is 1.61 bits per heavy atom. The summed E-state index contributed by atoms with van der Waals surface area (Å²) >= 11 is 1.72. The molecule has 4 heteroatoms. The summed E-state index contributed by atoms with van der Waals surface area (Å²) in [4.78, 5) is 15.4. The van der Waals surface area contributed by atoms with Crippen molar-refractivity contribution in [3.8, 4) is 0 Å². The normalized spacial score (nSPS) is 19.1. The van der Waals surface area contributed by atoms with Gasteiger partial charge in [-0.05, 0) is 44.2 Å². The van der Waals surface area contributed by atoms with Crippen molar-refractivity contribution in [3.63, 3.8) is 0 Å². The molecule has 0 saturated carbocycles. The summed E-state index contributed by atoms with van der Waals surface area (Å²) in [7, 11) is 0. The highest BCUT2D eigenvalue weighted by molar-refractivity contribution is 7.09. The molecule has 1 amide bonds. The van der Waals surface area contributed by atoms with E-state index in [1.54, 1.807) is 11.3 Å². The quantitative estimate of drug-likeness (QED) is 0.858. The van der Waals surface area contributed by atoms with Gasteiger partial charge in [0.15, 0.2) is 0 Å². The Labute approximate surface area is 113 Å². The van der Waals surface area contributed by atoms with Gasteiger partial charge in [-0.25, -0.2) is 0 Å². The average Bonchev–Trinajstić information content (AvgIpc) is 3.06. The van der Waals surface area contributed by atoms with Gasteiger partial charge in [-0.3, -0.25) is 4.79 Å². The first-order valence-electron chi connectivity index (χ1n) is 6.83. The predicted octanol–water partition coefficient (Wildman–Crippen LogP) is 2.63. The topological polar surface area (TPSA) is 32.3 Å². The number of rotatable bonds is 6. The number of nitrogens with zero attached hydrogens (tertiary/aromatic N) is 1. The standard InChI is InChI=1S/C14H22N2OS/c1-2-16(11-13-6-4-10-18-13)14(17)8-7-12-5-3-9-15-12/h4,6,10,12,15H,2-3,5,7-9,11H2,1H3. The van der Waals surface area contributed by atoms with Crippen molar-refractivity contribution in [2.45, 2.75) is 45.2 Å². The minimum Gasteiger partial charge on any atom is -0.338 e. The van der Waals surface area contributed by atoms with Crippen molar-refractivity contribution in [1.29, 1.82) is 0 Å². The van der Waals surface area contributed by atoms with E-state index < -0.39 is 0 Å². The molecule has 1 saturated heterocycles. The summed E-state index contributed by atoms with van der Waals surface area (Å²) in [5.74, 6) is 0.291. The Hall–Kier alpha value is -0.870. The Morgan fingerprint density at radius 3 is 3.11 bits per heavy atom. The monoisotopic (exact) mass is 266 g/mol. The Balaban J connectivity index is 1.77. The van der Waals surface area contributed by atoms with E-state index in [4.69, 9.17) is 0 Å². The fourth-order valence-corrected chi connectivity index (χ4v) is 3.15. The van der Waals surface area contributed by atoms with Crippen molar-refractivity contribution < 1.29 is 4.79 Å². The van der Waals surface area contributed by atoms with Crippen LogP contribution in [0.25, 0.3) is 0 Å². The zero-order chi connectivity index (χ0) is 12.8. The third-order valence-electron chi connectivity index (χ3n) is 3.53. The fraction of sp³-hybridized carbons (Fsp3) is 0.643. The van der Waals surface area contributed by atoms with Gasteiger partial charge in [-0.2, -0.15) is 0 Å². The van der Waals surface area contributed by atoms with Crippen LogP contribution in [0, 0.1) is 0 Å². The van der Waals surface area contributed by atoms with Crippen molar-refractivity contribution in [1.82, 2.24) is 10.2 Å². The minimum atomic E-state index is 0.291. The number of carbonyl (C=O) groups excluding carboxylic acids is 1. The predicted molar refractivity (Wildman–Crippen MR) is 75.7 cm³/mol. The maximum atomic E-state index is 12.2. The molecule has 100 valence electrons. The molecule has 0 bridgehead atoms. The highest BCUT2D eigenvalue weighted by atomic mass is 32.1. The van der Waals surface area contributed by atoms with E-state index >= 15 is 0 Å². The van der Waals surface area contributed by atoms with Crippen LogP contribution in [0.5, 0.6) is 0 Å². The zero-order valence-corrected chi connectivity index (χ0v) is 11.8. The van der Waals surface area contributed by atoms with E-state index in [9.17, 15) is 4.79 Å². The van der Waals surface area contributed by atoms with Crippen LogP contribution in [0.4, 0.5) is 0 Å². The Kier molecular flexibility index (Phi) is 5.20. The van der Waals surface area contributed by atoms with Gasteiger partial charge in [-0.1, -0.05) is 6.07 Å². The molecule has 0 spiro atoms. The van der Waals surface area contributed by atoms with Gasteiger partial charge >= 0.3 is 0 Å². The van der Waals surface area contributed by atoms with Crippen molar-refractivity contribution in [2.24, 2.45) is 0 Å². The lowest BCUT2D eigenvalue weighted by Gasteiger charge is -2.21. The van der Waals surface area contributed by atoms with E-state index in [1.807, 2.05) is 11.0 Å². The van der Waals surface area contributed by atoms with Gasteiger partial charge in [0.25, 0.3) is 0 Å². The molecule has 1 N–H and O–H groups in total. The lowest BCUT2D eigenvalue weighted by atomic mass is 10.1. The molecule has 1 aromatic rings. The molecular weight excluding hydrogens is 244 g/mol. The van der Waals surface area contributed by atoms with E-state index in [0.717, 1.165) is 26.1 Å². The number of thiophene rings is 1. The van der Waals surface area contributed by atoms with Gasteiger partial charge < -0.3 is 10.2 Å². The molecule has 18 heavy (non-hydrogen) atoms. The second kappa shape index (κ2) is 6.90. The summed E-state index contributed by atoms with van der Waals surface area (Å²) in [5.41, 5.74) is 0. The third-order valence-corrected chi connectivity index (χ3v) is 4.39. The molecule has 1 atom stereocenters. The molecule has 0 radical (unpaired) electrons. The van der Waals surface area contributed by atoms with E-state index in [1.165, 1.54) is 17.7 Å². The number of hydrogen-bond acceptors (Lipinski definition) is 3. The van der Waals surface area contributed by atoms with Crippen LogP contribution in [0.2, 0.25) is 0 Å². The first kappa shape index (κ1) is 13.6. The third kappa shape index (κ3) is 3.82. The molecule has 1 aliphatic rings. The van der Waals surface area contributed by atoms with Crippen molar-refractivity contribution in [2.75, 3.05) is 13.1 Å². The molecule has 1 fully saturated rings. The summed E-state index contributed by atoms with van der Waals surface area (Å²) in [5, 5.41) is 5.51. The largest absolute Gasteiger partial charge is 0.338 e. The maximum Gasteiger partial charge on any atom is 0.222 e. The summed E-state index contributed by atoms with van der Waals surface area (Å²) in [6, 6.07) is 4.70. The molecule has 2 heterocycles. The van der Waals surface area contributed by atoms with Gasteiger partial charge in [0, 0.05) is 23.9 Å².